The molecule has 0 heteroatoms. The van der Waals surface area contributed by atoms with Crippen LogP contribution in [0.4, 0.5) is 0 Å². The first-order valence-corrected chi connectivity index (χ1v) is 6.07. The Morgan fingerprint density at radius 2 is 1.87 bits per heavy atom. The van der Waals surface area contributed by atoms with Gasteiger partial charge in [0.15, 0.2) is 0 Å². The monoisotopic (exact) mass is 200 g/mol. The van der Waals surface area contributed by atoms with Crippen LogP contribution in [-0.4, -0.2) is 0 Å². The van der Waals surface area contributed by atoms with Crippen LogP contribution in [-0.2, 0) is 0 Å². The SMILES string of the molecule is C=CC[C@H]1CCCC[C@H]1c1ccccc1. The Kier molecular flexibility index (Phi) is 3.60. The van der Waals surface area contributed by atoms with Gasteiger partial charge in [0.25, 0.3) is 0 Å². The van der Waals surface area contributed by atoms with E-state index < -0.39 is 0 Å². The fourth-order valence-electron chi connectivity index (χ4n) is 2.84. The molecule has 0 bridgehead atoms. The van der Waals surface area contributed by atoms with E-state index in [2.05, 4.69) is 43.0 Å². The van der Waals surface area contributed by atoms with Crippen molar-refractivity contribution in [1.82, 2.24) is 0 Å². The van der Waals surface area contributed by atoms with Crippen molar-refractivity contribution >= 4 is 0 Å². The Morgan fingerprint density at radius 3 is 2.60 bits per heavy atom. The first-order chi connectivity index (χ1) is 7.42. The highest BCUT2D eigenvalue weighted by atomic mass is 14.3. The van der Waals surface area contributed by atoms with Gasteiger partial charge in [-0.3, -0.25) is 0 Å². The Balaban J connectivity index is 2.14. The van der Waals surface area contributed by atoms with Gasteiger partial charge < -0.3 is 0 Å². The summed E-state index contributed by atoms with van der Waals surface area (Å²) in [6.07, 6.45) is 8.81. The Bertz CT molecular complexity index is 299. The highest BCUT2D eigenvalue weighted by Crippen LogP contribution is 2.39. The van der Waals surface area contributed by atoms with E-state index in [-0.39, 0.29) is 0 Å². The summed E-state index contributed by atoms with van der Waals surface area (Å²) in [6.45, 7) is 3.88. The summed E-state index contributed by atoms with van der Waals surface area (Å²) in [4.78, 5) is 0. The molecule has 0 spiro atoms. The van der Waals surface area contributed by atoms with Gasteiger partial charge in [-0.05, 0) is 36.7 Å². The second kappa shape index (κ2) is 5.16. The van der Waals surface area contributed by atoms with Crippen LogP contribution in [0.3, 0.4) is 0 Å². The zero-order valence-corrected chi connectivity index (χ0v) is 9.36. The molecule has 1 aromatic carbocycles. The maximum Gasteiger partial charge on any atom is -0.0131 e. The molecule has 0 radical (unpaired) electrons. The van der Waals surface area contributed by atoms with Gasteiger partial charge >= 0.3 is 0 Å². The minimum absolute atomic E-state index is 0.776. The Morgan fingerprint density at radius 1 is 1.13 bits per heavy atom. The largest absolute Gasteiger partial charge is 0.103 e. The van der Waals surface area contributed by atoms with Crippen LogP contribution in [0.2, 0.25) is 0 Å². The molecule has 0 heterocycles. The maximum atomic E-state index is 3.88. The number of rotatable bonds is 3. The number of hydrogen-bond acceptors (Lipinski definition) is 0. The third kappa shape index (κ3) is 2.50. The van der Waals surface area contributed by atoms with Gasteiger partial charge in [0.05, 0.1) is 0 Å². The first-order valence-electron chi connectivity index (χ1n) is 6.07. The van der Waals surface area contributed by atoms with Crippen molar-refractivity contribution in [2.75, 3.05) is 0 Å². The van der Waals surface area contributed by atoms with Crippen LogP contribution >= 0.6 is 0 Å². The molecule has 2 rings (SSSR count). The molecule has 1 saturated carbocycles. The molecule has 1 aliphatic rings. The molecule has 0 N–H and O–H groups in total. The standard InChI is InChI=1S/C15H20/c1-2-8-13-11-6-7-12-15(13)14-9-4-3-5-10-14/h2-5,9-10,13,15H,1,6-8,11-12H2/t13-,15+/m0/s1. The van der Waals surface area contributed by atoms with Crippen molar-refractivity contribution in [2.45, 2.75) is 38.0 Å². The van der Waals surface area contributed by atoms with Crippen molar-refractivity contribution in [2.24, 2.45) is 5.92 Å². The van der Waals surface area contributed by atoms with Crippen molar-refractivity contribution in [3.05, 3.63) is 48.6 Å². The predicted octanol–water partition coefficient (Wildman–Crippen LogP) is 4.54. The number of allylic oxidation sites excluding steroid dienone is 1. The number of hydrogen-bond donors (Lipinski definition) is 0. The van der Waals surface area contributed by atoms with E-state index >= 15 is 0 Å². The van der Waals surface area contributed by atoms with E-state index in [0.29, 0.717) is 0 Å². The predicted molar refractivity (Wildman–Crippen MR) is 66.0 cm³/mol. The van der Waals surface area contributed by atoms with Gasteiger partial charge in [-0.25, -0.2) is 0 Å². The quantitative estimate of drug-likeness (QED) is 0.628. The summed E-state index contributed by atoms with van der Waals surface area (Å²) < 4.78 is 0. The first kappa shape index (κ1) is 10.5. The molecule has 1 aromatic rings. The third-order valence-corrected chi connectivity index (χ3v) is 3.61. The highest BCUT2D eigenvalue weighted by molar-refractivity contribution is 5.21. The second-order valence-corrected chi connectivity index (χ2v) is 4.59. The summed E-state index contributed by atoms with van der Waals surface area (Å²) in [7, 11) is 0. The molecule has 15 heavy (non-hydrogen) atoms. The molecule has 80 valence electrons. The van der Waals surface area contributed by atoms with E-state index in [0.717, 1.165) is 11.8 Å². The average molecular weight is 200 g/mol. The van der Waals surface area contributed by atoms with Crippen LogP contribution in [0, 0.1) is 5.92 Å². The van der Waals surface area contributed by atoms with Gasteiger partial charge in [-0.2, -0.15) is 0 Å². The van der Waals surface area contributed by atoms with Crippen LogP contribution in [0.25, 0.3) is 0 Å². The van der Waals surface area contributed by atoms with E-state index in [1.165, 1.54) is 37.7 Å². The average Bonchev–Trinajstić information content (AvgIpc) is 2.31. The van der Waals surface area contributed by atoms with Gasteiger partial charge in [0.2, 0.25) is 0 Å². The Hall–Kier alpha value is -1.04. The molecule has 1 aliphatic carbocycles. The summed E-state index contributed by atoms with van der Waals surface area (Å²) in [5.74, 6) is 1.61. The molecule has 0 nitrogen and oxygen atoms in total. The highest BCUT2D eigenvalue weighted by Gasteiger charge is 2.24. The van der Waals surface area contributed by atoms with E-state index in [1.807, 2.05) is 0 Å². The Labute approximate surface area is 93.0 Å². The van der Waals surface area contributed by atoms with Crippen molar-refractivity contribution in [3.8, 4) is 0 Å². The van der Waals surface area contributed by atoms with Crippen molar-refractivity contribution in [1.29, 1.82) is 0 Å². The lowest BCUT2D eigenvalue weighted by atomic mass is 9.74. The topological polar surface area (TPSA) is 0 Å². The fourth-order valence-corrected chi connectivity index (χ4v) is 2.84. The summed E-state index contributed by atoms with van der Waals surface area (Å²) in [5.41, 5.74) is 1.53. The van der Waals surface area contributed by atoms with Crippen LogP contribution in [0.5, 0.6) is 0 Å². The molecule has 2 atom stereocenters. The van der Waals surface area contributed by atoms with Gasteiger partial charge in [0.1, 0.15) is 0 Å². The van der Waals surface area contributed by atoms with Gasteiger partial charge in [-0.15, -0.1) is 6.58 Å². The third-order valence-electron chi connectivity index (χ3n) is 3.61. The maximum absolute atomic E-state index is 3.88. The van der Waals surface area contributed by atoms with Crippen molar-refractivity contribution in [3.63, 3.8) is 0 Å². The lowest BCUT2D eigenvalue weighted by Crippen LogP contribution is -2.17. The van der Waals surface area contributed by atoms with E-state index in [1.54, 1.807) is 0 Å². The van der Waals surface area contributed by atoms with E-state index in [9.17, 15) is 0 Å². The lowest BCUT2D eigenvalue weighted by Gasteiger charge is -2.31. The van der Waals surface area contributed by atoms with Crippen LogP contribution in [0.15, 0.2) is 43.0 Å². The van der Waals surface area contributed by atoms with E-state index in [4.69, 9.17) is 0 Å². The molecule has 0 unspecified atom stereocenters. The molecule has 0 aromatic heterocycles. The molecule has 0 saturated heterocycles. The van der Waals surface area contributed by atoms with Gasteiger partial charge in [0, 0.05) is 0 Å². The lowest BCUT2D eigenvalue weighted by molar-refractivity contribution is 0.309. The molecule has 1 fully saturated rings. The number of benzene rings is 1. The zero-order valence-electron chi connectivity index (χ0n) is 9.36. The van der Waals surface area contributed by atoms with Crippen LogP contribution in [0.1, 0.15) is 43.6 Å². The second-order valence-electron chi connectivity index (χ2n) is 4.59. The fraction of sp³-hybridized carbons (Fsp3) is 0.467. The summed E-state index contributed by atoms with van der Waals surface area (Å²) in [6, 6.07) is 11.0. The summed E-state index contributed by atoms with van der Waals surface area (Å²) >= 11 is 0. The molecular formula is C15H20. The minimum atomic E-state index is 0.776. The van der Waals surface area contributed by atoms with Crippen molar-refractivity contribution < 1.29 is 0 Å². The summed E-state index contributed by atoms with van der Waals surface area (Å²) in [5, 5.41) is 0. The molecule has 0 aliphatic heterocycles. The van der Waals surface area contributed by atoms with Crippen LogP contribution < -0.4 is 0 Å². The minimum Gasteiger partial charge on any atom is -0.103 e. The zero-order chi connectivity index (χ0) is 10.5. The smallest absolute Gasteiger partial charge is 0.0131 e. The molecule has 0 amide bonds. The normalized spacial score (nSPS) is 26.1. The molecular weight excluding hydrogens is 180 g/mol. The van der Waals surface area contributed by atoms with Gasteiger partial charge in [-0.1, -0.05) is 49.2 Å².